The van der Waals surface area contributed by atoms with E-state index in [1.165, 1.54) is 24.3 Å². The molecule has 44 heavy (non-hydrogen) atoms. The summed E-state index contributed by atoms with van der Waals surface area (Å²) in [6.45, 7) is 3.66. The van der Waals surface area contributed by atoms with Crippen molar-refractivity contribution in [1.29, 1.82) is 0 Å². The molecule has 0 saturated carbocycles. The zero-order chi connectivity index (χ0) is 32.2. The summed E-state index contributed by atoms with van der Waals surface area (Å²) in [6.07, 6.45) is 0.423. The van der Waals surface area contributed by atoms with Gasteiger partial charge in [0.15, 0.2) is 0 Å². The zero-order valence-electron chi connectivity index (χ0n) is 24.8. The van der Waals surface area contributed by atoms with Crippen molar-refractivity contribution in [2.24, 2.45) is 11.7 Å². The maximum absolute atomic E-state index is 13.7. The Labute approximate surface area is 256 Å². The molecular weight excluding hydrogens is 564 g/mol. The highest BCUT2D eigenvalue weighted by Crippen LogP contribution is 2.15. The molecule has 234 valence electrons. The van der Waals surface area contributed by atoms with E-state index in [4.69, 9.17) is 5.73 Å². The van der Waals surface area contributed by atoms with Gasteiger partial charge in [0.25, 0.3) is 0 Å². The van der Waals surface area contributed by atoms with Gasteiger partial charge in [-0.1, -0.05) is 68.4 Å². The van der Waals surface area contributed by atoms with Crippen LogP contribution in [-0.4, -0.2) is 63.2 Å². The maximum Gasteiger partial charge on any atom is 0.326 e. The van der Waals surface area contributed by atoms with Crippen molar-refractivity contribution < 1.29 is 34.5 Å². The molecule has 0 saturated heterocycles. The number of phenols is 2. The van der Waals surface area contributed by atoms with Crippen LogP contribution in [0.1, 0.15) is 37.0 Å². The van der Waals surface area contributed by atoms with Crippen molar-refractivity contribution in [2.45, 2.75) is 63.7 Å². The molecule has 0 aromatic heterocycles. The number of phenolic OH excluding ortho intramolecular Hbond substituents is 2. The first kappa shape index (κ1) is 33.6. The van der Waals surface area contributed by atoms with Gasteiger partial charge in [-0.3, -0.25) is 14.4 Å². The number of hydrogen-bond donors (Lipinski definition) is 7. The minimum atomic E-state index is -1.21. The summed E-state index contributed by atoms with van der Waals surface area (Å²) in [5.74, 6) is -3.15. The van der Waals surface area contributed by atoms with Crippen LogP contribution in [0.5, 0.6) is 11.5 Å². The number of amides is 3. The molecule has 0 bridgehead atoms. The van der Waals surface area contributed by atoms with E-state index in [0.717, 1.165) is 5.56 Å². The highest BCUT2D eigenvalue weighted by molar-refractivity contribution is 5.94. The Hall–Kier alpha value is -4.90. The molecule has 4 unspecified atom stereocenters. The van der Waals surface area contributed by atoms with Gasteiger partial charge in [-0.25, -0.2) is 4.79 Å². The second-order valence-electron chi connectivity index (χ2n) is 11.2. The molecule has 0 heterocycles. The van der Waals surface area contributed by atoms with Crippen LogP contribution in [0.15, 0.2) is 78.9 Å². The first-order valence-corrected chi connectivity index (χ1v) is 14.4. The van der Waals surface area contributed by atoms with Gasteiger partial charge in [-0.15, -0.1) is 0 Å². The monoisotopic (exact) mass is 604 g/mol. The van der Waals surface area contributed by atoms with E-state index in [0.29, 0.717) is 11.1 Å². The highest BCUT2D eigenvalue weighted by Gasteiger charge is 2.31. The summed E-state index contributed by atoms with van der Waals surface area (Å²) in [7, 11) is 0. The first-order chi connectivity index (χ1) is 20.9. The van der Waals surface area contributed by atoms with Crippen LogP contribution < -0.4 is 21.7 Å². The molecule has 0 aliphatic heterocycles. The second-order valence-corrected chi connectivity index (χ2v) is 11.2. The van der Waals surface area contributed by atoms with Crippen LogP contribution >= 0.6 is 0 Å². The molecule has 3 aromatic rings. The number of carboxylic acids is 1. The molecular formula is C33H40N4O7. The van der Waals surface area contributed by atoms with Gasteiger partial charge in [0.2, 0.25) is 17.7 Å². The Kier molecular flexibility index (Phi) is 12.3. The van der Waals surface area contributed by atoms with E-state index in [9.17, 15) is 34.5 Å². The smallest absolute Gasteiger partial charge is 0.326 e. The summed E-state index contributed by atoms with van der Waals surface area (Å²) in [5, 5.41) is 37.0. The number of carboxylic acid groups (broad SMARTS) is 1. The van der Waals surface area contributed by atoms with E-state index in [-0.39, 0.29) is 43.1 Å². The number of carbonyl (C=O) groups is 4. The van der Waals surface area contributed by atoms with Gasteiger partial charge >= 0.3 is 5.97 Å². The standard InChI is InChI=1S/C33H40N4O7/c1-20(2)16-29(33(43)44)37-32(42)28(19-23-10-14-25(39)15-11-23)36-31(41)27(18-22-8-12-24(38)13-9-22)35-30(40)26(34)17-21-6-4-3-5-7-21/h3-15,20,26-29,38-39H,16-19,34H2,1-2H3,(H,35,40)(H,36,41)(H,37,42)(H,43,44). The number of nitrogens with one attached hydrogen (secondary N) is 3. The molecule has 4 atom stereocenters. The molecule has 0 fully saturated rings. The SMILES string of the molecule is CC(C)CC(NC(=O)C(Cc1ccc(O)cc1)NC(=O)C(Cc1ccc(O)cc1)NC(=O)C(N)Cc1ccccc1)C(=O)O. The molecule has 3 aromatic carbocycles. The van der Waals surface area contributed by atoms with E-state index >= 15 is 0 Å². The topological polar surface area (TPSA) is 191 Å². The number of aromatic hydroxyl groups is 2. The Balaban J connectivity index is 1.85. The molecule has 11 heteroatoms. The lowest BCUT2D eigenvalue weighted by atomic mass is 10.00. The summed E-state index contributed by atoms with van der Waals surface area (Å²) in [4.78, 5) is 52.2. The van der Waals surface area contributed by atoms with Crippen molar-refractivity contribution in [3.05, 3.63) is 95.6 Å². The molecule has 8 N–H and O–H groups in total. The Bertz CT molecular complexity index is 1400. The van der Waals surface area contributed by atoms with E-state index in [1.54, 1.807) is 24.3 Å². The number of nitrogens with two attached hydrogens (primary N) is 1. The number of hydrogen-bond acceptors (Lipinski definition) is 7. The van der Waals surface area contributed by atoms with Crippen molar-refractivity contribution in [3.63, 3.8) is 0 Å². The van der Waals surface area contributed by atoms with Crippen LogP contribution in [0, 0.1) is 5.92 Å². The van der Waals surface area contributed by atoms with Gasteiger partial charge in [0, 0.05) is 12.8 Å². The van der Waals surface area contributed by atoms with E-state index in [2.05, 4.69) is 16.0 Å². The van der Waals surface area contributed by atoms with Gasteiger partial charge in [0.1, 0.15) is 29.6 Å². The van der Waals surface area contributed by atoms with Crippen molar-refractivity contribution in [3.8, 4) is 11.5 Å². The summed E-state index contributed by atoms with van der Waals surface area (Å²) < 4.78 is 0. The van der Waals surface area contributed by atoms with Crippen LogP contribution in [0.25, 0.3) is 0 Å². The number of benzene rings is 3. The van der Waals surface area contributed by atoms with Crippen molar-refractivity contribution >= 4 is 23.7 Å². The van der Waals surface area contributed by atoms with E-state index < -0.39 is 47.9 Å². The largest absolute Gasteiger partial charge is 0.508 e. The lowest BCUT2D eigenvalue weighted by molar-refractivity contribution is -0.142. The summed E-state index contributed by atoms with van der Waals surface area (Å²) in [5.41, 5.74) is 8.25. The fourth-order valence-corrected chi connectivity index (χ4v) is 4.63. The third-order valence-corrected chi connectivity index (χ3v) is 6.98. The minimum Gasteiger partial charge on any atom is -0.508 e. The Morgan fingerprint density at radius 3 is 1.45 bits per heavy atom. The van der Waals surface area contributed by atoms with E-state index in [1.807, 2.05) is 44.2 Å². The molecule has 0 aliphatic carbocycles. The molecule has 0 aliphatic rings. The fraction of sp³-hybridized carbons (Fsp3) is 0.333. The van der Waals surface area contributed by atoms with Gasteiger partial charge in [-0.05, 0) is 59.7 Å². The van der Waals surface area contributed by atoms with Gasteiger partial charge < -0.3 is 37.0 Å². The van der Waals surface area contributed by atoms with Crippen molar-refractivity contribution in [1.82, 2.24) is 16.0 Å². The molecule has 0 radical (unpaired) electrons. The van der Waals surface area contributed by atoms with Gasteiger partial charge in [0.05, 0.1) is 6.04 Å². The molecule has 0 spiro atoms. The number of carbonyl (C=O) groups excluding carboxylic acids is 3. The van der Waals surface area contributed by atoms with Crippen LogP contribution in [0.4, 0.5) is 0 Å². The van der Waals surface area contributed by atoms with Crippen LogP contribution in [-0.2, 0) is 38.4 Å². The Morgan fingerprint density at radius 2 is 1.02 bits per heavy atom. The van der Waals surface area contributed by atoms with Crippen molar-refractivity contribution in [2.75, 3.05) is 0 Å². The number of aliphatic carboxylic acids is 1. The third kappa shape index (κ3) is 10.7. The zero-order valence-corrected chi connectivity index (χ0v) is 24.8. The first-order valence-electron chi connectivity index (χ1n) is 14.4. The maximum atomic E-state index is 13.7. The lowest BCUT2D eigenvalue weighted by Gasteiger charge is -2.26. The normalized spacial score (nSPS) is 13.7. The predicted octanol–water partition coefficient (Wildman–Crippen LogP) is 2.04. The van der Waals surface area contributed by atoms with Crippen LogP contribution in [0.3, 0.4) is 0 Å². The Morgan fingerprint density at radius 1 is 0.614 bits per heavy atom. The number of rotatable bonds is 15. The predicted molar refractivity (Wildman–Crippen MR) is 165 cm³/mol. The average molecular weight is 605 g/mol. The highest BCUT2D eigenvalue weighted by atomic mass is 16.4. The second kappa shape index (κ2) is 16.1. The molecule has 11 nitrogen and oxygen atoms in total. The summed E-state index contributed by atoms with van der Waals surface area (Å²) in [6, 6.07) is 16.8. The third-order valence-electron chi connectivity index (χ3n) is 6.98. The lowest BCUT2D eigenvalue weighted by Crippen LogP contribution is -2.58. The van der Waals surface area contributed by atoms with Gasteiger partial charge in [-0.2, -0.15) is 0 Å². The minimum absolute atomic E-state index is 0.0146. The quantitative estimate of drug-likeness (QED) is 0.137. The average Bonchev–Trinajstić information content (AvgIpc) is 2.98. The fourth-order valence-electron chi connectivity index (χ4n) is 4.63. The molecule has 3 rings (SSSR count). The van der Waals surface area contributed by atoms with Crippen LogP contribution in [0.2, 0.25) is 0 Å². The summed E-state index contributed by atoms with van der Waals surface area (Å²) >= 11 is 0. The molecule has 3 amide bonds.